The summed E-state index contributed by atoms with van der Waals surface area (Å²) in [4.78, 5) is 22.4. The van der Waals surface area contributed by atoms with Gasteiger partial charge in [0.15, 0.2) is 0 Å². The van der Waals surface area contributed by atoms with Gasteiger partial charge in [-0.25, -0.2) is 4.98 Å². The predicted molar refractivity (Wildman–Crippen MR) is 96.9 cm³/mol. The summed E-state index contributed by atoms with van der Waals surface area (Å²) < 4.78 is 6.82. The Morgan fingerprint density at radius 1 is 1.42 bits per heavy atom. The van der Waals surface area contributed by atoms with E-state index in [-0.39, 0.29) is 12.5 Å². The lowest BCUT2D eigenvalue weighted by molar-refractivity contribution is -0.133. The zero-order valence-electron chi connectivity index (χ0n) is 14.3. The molecule has 1 amide bonds. The van der Waals surface area contributed by atoms with E-state index in [4.69, 9.17) is 21.3 Å². The summed E-state index contributed by atoms with van der Waals surface area (Å²) in [6, 6.07) is 7.75. The molecular formula is C18H18ClN5O2. The zero-order chi connectivity index (χ0) is 18.1. The molecule has 0 aliphatic carbocycles. The summed E-state index contributed by atoms with van der Waals surface area (Å²) in [5, 5.41) is 4.58. The van der Waals surface area contributed by atoms with Crippen LogP contribution in [-0.4, -0.2) is 44.2 Å². The number of H-pyrrole nitrogens is 1. The highest BCUT2D eigenvalue weighted by Gasteiger charge is 2.24. The number of methoxy groups -OCH3 is 1. The van der Waals surface area contributed by atoms with Crippen molar-refractivity contribution in [3.05, 3.63) is 53.1 Å². The number of fused-ring (bicyclic) bond motifs is 1. The first-order valence-electron chi connectivity index (χ1n) is 8.30. The van der Waals surface area contributed by atoms with Gasteiger partial charge in [0, 0.05) is 24.7 Å². The van der Waals surface area contributed by atoms with E-state index >= 15 is 0 Å². The molecule has 0 spiro atoms. The number of hydrogen-bond donors (Lipinski definition) is 1. The minimum Gasteiger partial charge on any atom is -0.497 e. The van der Waals surface area contributed by atoms with E-state index in [0.29, 0.717) is 18.1 Å². The number of ether oxygens (including phenoxy) is 1. The second-order valence-corrected chi connectivity index (χ2v) is 6.60. The number of carbonyl (C=O) groups excluding carboxylic acids is 1. The number of aromatic amines is 1. The van der Waals surface area contributed by atoms with Crippen LogP contribution in [0.25, 0.3) is 11.4 Å². The maximum absolute atomic E-state index is 12.5. The molecule has 0 saturated heterocycles. The van der Waals surface area contributed by atoms with Crippen molar-refractivity contribution in [3.8, 4) is 17.1 Å². The molecule has 1 aliphatic heterocycles. The first-order valence-corrected chi connectivity index (χ1v) is 8.68. The predicted octanol–water partition coefficient (Wildman–Crippen LogP) is 2.52. The van der Waals surface area contributed by atoms with Gasteiger partial charge in [-0.15, -0.1) is 0 Å². The second kappa shape index (κ2) is 6.84. The van der Waals surface area contributed by atoms with E-state index in [2.05, 4.69) is 10.1 Å². The normalized spacial score (nSPS) is 13.5. The van der Waals surface area contributed by atoms with Gasteiger partial charge in [0.1, 0.15) is 18.1 Å². The molecule has 2 aromatic heterocycles. The molecule has 1 aromatic carbocycles. The lowest BCUT2D eigenvalue weighted by Crippen LogP contribution is -2.38. The first kappa shape index (κ1) is 16.7. The van der Waals surface area contributed by atoms with Crippen LogP contribution in [0.1, 0.15) is 11.4 Å². The average molecular weight is 372 g/mol. The number of nitrogens with one attached hydrogen (secondary N) is 1. The highest BCUT2D eigenvalue weighted by Crippen LogP contribution is 2.25. The first-order chi connectivity index (χ1) is 12.6. The van der Waals surface area contributed by atoms with Crippen molar-refractivity contribution < 1.29 is 9.53 Å². The van der Waals surface area contributed by atoms with Crippen LogP contribution in [0.15, 0.2) is 36.7 Å². The van der Waals surface area contributed by atoms with Crippen LogP contribution in [0.2, 0.25) is 5.02 Å². The standard InChI is InChI=1S/C18H18ClN5O2/c1-26-14-4-2-3-12(7-14)18-21-15-5-6-23(10-16(15)22-18)17(25)11-24-9-13(19)8-20-24/h2-4,7-9H,5-6,10-11H2,1H3,(H,21,22). The Labute approximate surface area is 155 Å². The molecule has 0 radical (unpaired) electrons. The second-order valence-electron chi connectivity index (χ2n) is 6.16. The number of amides is 1. The summed E-state index contributed by atoms with van der Waals surface area (Å²) in [6.07, 6.45) is 3.89. The van der Waals surface area contributed by atoms with Crippen LogP contribution in [0.3, 0.4) is 0 Å². The number of carbonyl (C=O) groups is 1. The van der Waals surface area contributed by atoms with Crippen LogP contribution in [0.5, 0.6) is 5.75 Å². The largest absolute Gasteiger partial charge is 0.497 e. The molecule has 4 rings (SSSR count). The van der Waals surface area contributed by atoms with Gasteiger partial charge in [0.25, 0.3) is 0 Å². The monoisotopic (exact) mass is 371 g/mol. The lowest BCUT2D eigenvalue weighted by Gasteiger charge is -2.26. The molecule has 0 fully saturated rings. The Bertz CT molecular complexity index is 949. The molecular weight excluding hydrogens is 354 g/mol. The molecule has 0 saturated carbocycles. The van der Waals surface area contributed by atoms with Gasteiger partial charge >= 0.3 is 0 Å². The molecule has 3 aromatic rings. The van der Waals surface area contributed by atoms with Gasteiger partial charge in [-0.1, -0.05) is 23.7 Å². The number of aromatic nitrogens is 4. The van der Waals surface area contributed by atoms with Gasteiger partial charge in [-0.05, 0) is 12.1 Å². The Kier molecular flexibility index (Phi) is 4.38. The van der Waals surface area contributed by atoms with Crippen LogP contribution in [-0.2, 0) is 24.3 Å². The highest BCUT2D eigenvalue weighted by molar-refractivity contribution is 6.30. The molecule has 3 heterocycles. The number of halogens is 1. The maximum Gasteiger partial charge on any atom is 0.244 e. The van der Waals surface area contributed by atoms with Crippen molar-refractivity contribution in [3.63, 3.8) is 0 Å². The SMILES string of the molecule is COc1cccc(-c2nc3c([nH]2)CN(C(=O)Cn2cc(Cl)cn2)CC3)c1. The van der Waals surface area contributed by atoms with E-state index < -0.39 is 0 Å². The van der Waals surface area contributed by atoms with E-state index in [9.17, 15) is 4.79 Å². The van der Waals surface area contributed by atoms with E-state index in [1.807, 2.05) is 29.2 Å². The third-order valence-electron chi connectivity index (χ3n) is 4.43. The van der Waals surface area contributed by atoms with Crippen LogP contribution in [0, 0.1) is 0 Å². The smallest absolute Gasteiger partial charge is 0.244 e. The summed E-state index contributed by atoms with van der Waals surface area (Å²) in [7, 11) is 1.64. The van der Waals surface area contributed by atoms with E-state index in [1.54, 1.807) is 18.0 Å². The van der Waals surface area contributed by atoms with Gasteiger partial charge in [0.05, 0.1) is 36.3 Å². The Balaban J connectivity index is 1.50. The van der Waals surface area contributed by atoms with Gasteiger partial charge in [-0.3, -0.25) is 9.48 Å². The fourth-order valence-electron chi connectivity index (χ4n) is 3.08. The van der Waals surface area contributed by atoms with E-state index in [1.165, 1.54) is 6.20 Å². The van der Waals surface area contributed by atoms with Crippen molar-refractivity contribution in [1.82, 2.24) is 24.6 Å². The Hall–Kier alpha value is -2.80. The van der Waals surface area contributed by atoms with Gasteiger partial charge < -0.3 is 14.6 Å². The third-order valence-corrected chi connectivity index (χ3v) is 4.62. The molecule has 1 aliphatic rings. The van der Waals surface area contributed by atoms with Crippen molar-refractivity contribution in [2.24, 2.45) is 0 Å². The van der Waals surface area contributed by atoms with Crippen molar-refractivity contribution in [1.29, 1.82) is 0 Å². The molecule has 0 unspecified atom stereocenters. The molecule has 1 N–H and O–H groups in total. The molecule has 26 heavy (non-hydrogen) atoms. The fourth-order valence-corrected chi connectivity index (χ4v) is 3.23. The van der Waals surface area contributed by atoms with Gasteiger partial charge in [-0.2, -0.15) is 5.10 Å². The number of nitrogens with zero attached hydrogens (tertiary/aromatic N) is 4. The topological polar surface area (TPSA) is 76.0 Å². The number of imidazole rings is 1. The highest BCUT2D eigenvalue weighted by atomic mass is 35.5. The molecule has 7 nitrogen and oxygen atoms in total. The van der Waals surface area contributed by atoms with Crippen LogP contribution >= 0.6 is 11.6 Å². The molecule has 0 bridgehead atoms. The third kappa shape index (κ3) is 3.30. The van der Waals surface area contributed by atoms with Crippen molar-refractivity contribution >= 4 is 17.5 Å². The molecule has 8 heteroatoms. The van der Waals surface area contributed by atoms with Crippen LogP contribution < -0.4 is 4.74 Å². The minimum absolute atomic E-state index is 0.00736. The van der Waals surface area contributed by atoms with Gasteiger partial charge in [0.2, 0.25) is 5.91 Å². The Morgan fingerprint density at radius 3 is 3.08 bits per heavy atom. The molecule has 134 valence electrons. The zero-order valence-corrected chi connectivity index (χ0v) is 15.0. The summed E-state index contributed by atoms with van der Waals surface area (Å²) in [5.74, 6) is 1.58. The average Bonchev–Trinajstić information content (AvgIpc) is 3.27. The fraction of sp³-hybridized carbons (Fsp3) is 0.278. The van der Waals surface area contributed by atoms with Crippen LogP contribution in [0.4, 0.5) is 0 Å². The minimum atomic E-state index is 0.00736. The Morgan fingerprint density at radius 2 is 2.31 bits per heavy atom. The number of hydrogen-bond acceptors (Lipinski definition) is 4. The summed E-state index contributed by atoms with van der Waals surface area (Å²) in [5.41, 5.74) is 2.94. The summed E-state index contributed by atoms with van der Waals surface area (Å²) >= 11 is 5.85. The quantitative estimate of drug-likeness (QED) is 0.764. The lowest BCUT2D eigenvalue weighted by atomic mass is 10.1. The summed E-state index contributed by atoms with van der Waals surface area (Å²) in [6.45, 7) is 1.34. The molecule has 0 atom stereocenters. The number of rotatable bonds is 4. The number of benzene rings is 1. The van der Waals surface area contributed by atoms with Crippen molar-refractivity contribution in [2.45, 2.75) is 19.5 Å². The maximum atomic E-state index is 12.5. The van der Waals surface area contributed by atoms with E-state index in [0.717, 1.165) is 34.9 Å². The van der Waals surface area contributed by atoms with Crippen molar-refractivity contribution in [2.75, 3.05) is 13.7 Å².